The highest BCUT2D eigenvalue weighted by Crippen LogP contribution is 2.23. The van der Waals surface area contributed by atoms with Gasteiger partial charge in [0, 0.05) is 11.8 Å². The number of nitrogens with zero attached hydrogens (tertiary/aromatic N) is 2. The van der Waals surface area contributed by atoms with Crippen LogP contribution in [0.25, 0.3) is 16.9 Å². The third-order valence-electron chi connectivity index (χ3n) is 2.88. The summed E-state index contributed by atoms with van der Waals surface area (Å²) < 4.78 is 1.78. The Morgan fingerprint density at radius 1 is 1.21 bits per heavy atom. The molecule has 19 heavy (non-hydrogen) atoms. The minimum absolute atomic E-state index is 0.163. The molecular formula is C14H10N2O3. The number of aromatic nitrogens is 2. The van der Waals surface area contributed by atoms with Gasteiger partial charge in [0.2, 0.25) is 0 Å². The zero-order valence-corrected chi connectivity index (χ0v) is 9.82. The standard InChI is InChI=1S/C14H10N2O3/c17-12-3-1-2-9(7-12)13-15-8-11-6-10(14(18)19)4-5-16(11)13/h1-8,17H,(H,18,19). The zero-order chi connectivity index (χ0) is 13.4. The molecule has 3 aromatic rings. The van der Waals surface area contributed by atoms with Crippen LogP contribution >= 0.6 is 0 Å². The highest BCUT2D eigenvalue weighted by Gasteiger charge is 2.09. The van der Waals surface area contributed by atoms with Gasteiger partial charge in [-0.1, -0.05) is 12.1 Å². The van der Waals surface area contributed by atoms with Crippen LogP contribution in [0, 0.1) is 0 Å². The van der Waals surface area contributed by atoms with Gasteiger partial charge in [-0.15, -0.1) is 0 Å². The van der Waals surface area contributed by atoms with E-state index >= 15 is 0 Å². The predicted octanol–water partition coefficient (Wildman–Crippen LogP) is 2.41. The number of rotatable bonds is 2. The minimum atomic E-state index is -0.970. The minimum Gasteiger partial charge on any atom is -0.508 e. The first-order valence-corrected chi connectivity index (χ1v) is 5.65. The van der Waals surface area contributed by atoms with Gasteiger partial charge in [-0.25, -0.2) is 9.78 Å². The number of fused-ring (bicyclic) bond motifs is 1. The molecule has 0 aliphatic heterocycles. The number of aromatic hydroxyl groups is 1. The maximum Gasteiger partial charge on any atom is 0.335 e. The number of hydrogen-bond acceptors (Lipinski definition) is 3. The van der Waals surface area contributed by atoms with Crippen LogP contribution in [0.1, 0.15) is 10.4 Å². The molecule has 5 nitrogen and oxygen atoms in total. The van der Waals surface area contributed by atoms with Crippen molar-refractivity contribution >= 4 is 11.5 Å². The fourth-order valence-corrected chi connectivity index (χ4v) is 1.99. The van der Waals surface area contributed by atoms with Crippen LogP contribution in [0.3, 0.4) is 0 Å². The normalized spacial score (nSPS) is 10.7. The first-order chi connectivity index (χ1) is 9.15. The SMILES string of the molecule is O=C(O)c1ccn2c(-c3cccc(O)c3)ncc2c1. The van der Waals surface area contributed by atoms with E-state index in [4.69, 9.17) is 5.11 Å². The van der Waals surface area contributed by atoms with Crippen LogP contribution in [-0.4, -0.2) is 25.6 Å². The lowest BCUT2D eigenvalue weighted by molar-refractivity contribution is 0.0697. The van der Waals surface area contributed by atoms with Crippen molar-refractivity contribution in [1.29, 1.82) is 0 Å². The monoisotopic (exact) mass is 254 g/mol. The summed E-state index contributed by atoms with van der Waals surface area (Å²) in [4.78, 5) is 15.2. The number of aromatic carboxylic acids is 1. The van der Waals surface area contributed by atoms with Gasteiger partial charge in [-0.05, 0) is 24.3 Å². The Labute approximate surface area is 108 Å². The molecule has 5 heteroatoms. The highest BCUT2D eigenvalue weighted by atomic mass is 16.4. The second-order valence-electron chi connectivity index (χ2n) is 4.15. The summed E-state index contributed by atoms with van der Waals surface area (Å²) in [7, 11) is 0. The second-order valence-corrected chi connectivity index (χ2v) is 4.15. The van der Waals surface area contributed by atoms with Crippen molar-refractivity contribution in [3.05, 3.63) is 54.4 Å². The summed E-state index contributed by atoms with van der Waals surface area (Å²) in [5, 5.41) is 18.4. The number of benzene rings is 1. The van der Waals surface area contributed by atoms with E-state index < -0.39 is 5.97 Å². The number of carboxylic acids is 1. The zero-order valence-electron chi connectivity index (χ0n) is 9.82. The van der Waals surface area contributed by atoms with Crippen molar-refractivity contribution in [2.24, 2.45) is 0 Å². The fourth-order valence-electron chi connectivity index (χ4n) is 1.99. The van der Waals surface area contributed by atoms with Crippen LogP contribution in [0.2, 0.25) is 0 Å². The third-order valence-corrected chi connectivity index (χ3v) is 2.88. The van der Waals surface area contributed by atoms with Gasteiger partial charge in [0.05, 0.1) is 17.3 Å². The molecule has 0 saturated carbocycles. The van der Waals surface area contributed by atoms with Crippen molar-refractivity contribution in [2.75, 3.05) is 0 Å². The Kier molecular flexibility index (Phi) is 2.45. The van der Waals surface area contributed by atoms with E-state index in [0.29, 0.717) is 11.3 Å². The van der Waals surface area contributed by atoms with E-state index in [2.05, 4.69) is 4.98 Å². The van der Waals surface area contributed by atoms with E-state index in [1.807, 2.05) is 6.07 Å². The third kappa shape index (κ3) is 1.91. The van der Waals surface area contributed by atoms with Crippen molar-refractivity contribution in [1.82, 2.24) is 9.38 Å². The lowest BCUT2D eigenvalue weighted by Gasteiger charge is -2.03. The van der Waals surface area contributed by atoms with Gasteiger partial charge in [0.25, 0.3) is 0 Å². The van der Waals surface area contributed by atoms with Gasteiger partial charge >= 0.3 is 5.97 Å². The summed E-state index contributed by atoms with van der Waals surface area (Å²) >= 11 is 0. The van der Waals surface area contributed by atoms with E-state index in [-0.39, 0.29) is 11.3 Å². The summed E-state index contributed by atoms with van der Waals surface area (Å²) in [6, 6.07) is 9.84. The molecule has 3 rings (SSSR count). The van der Waals surface area contributed by atoms with Gasteiger partial charge in [0.1, 0.15) is 11.6 Å². The topological polar surface area (TPSA) is 74.8 Å². The van der Waals surface area contributed by atoms with Crippen LogP contribution < -0.4 is 0 Å². The Bertz CT molecular complexity index is 777. The molecule has 0 spiro atoms. The summed E-state index contributed by atoms with van der Waals surface area (Å²) in [5.74, 6) is -0.151. The Hall–Kier alpha value is -2.82. The molecule has 2 N–H and O–H groups in total. The van der Waals surface area contributed by atoms with E-state index in [9.17, 15) is 9.90 Å². The molecule has 94 valence electrons. The first kappa shape index (κ1) is 11.3. The Morgan fingerprint density at radius 2 is 2.05 bits per heavy atom. The molecule has 0 aliphatic carbocycles. The summed E-state index contributed by atoms with van der Waals surface area (Å²) in [6.45, 7) is 0. The Balaban J connectivity index is 2.18. The summed E-state index contributed by atoms with van der Waals surface area (Å²) in [5.41, 5.74) is 1.68. The number of phenolic OH excluding ortho intramolecular Hbond substituents is 1. The van der Waals surface area contributed by atoms with E-state index in [1.54, 1.807) is 41.1 Å². The van der Waals surface area contributed by atoms with Crippen molar-refractivity contribution in [3.63, 3.8) is 0 Å². The smallest absolute Gasteiger partial charge is 0.335 e. The number of hydrogen-bond donors (Lipinski definition) is 2. The number of phenols is 1. The molecule has 1 aromatic carbocycles. The number of carbonyl (C=O) groups is 1. The van der Waals surface area contributed by atoms with Crippen molar-refractivity contribution in [3.8, 4) is 17.1 Å². The van der Waals surface area contributed by atoms with Crippen molar-refractivity contribution in [2.45, 2.75) is 0 Å². The van der Waals surface area contributed by atoms with E-state index in [0.717, 1.165) is 5.56 Å². The molecule has 0 saturated heterocycles. The lowest BCUT2D eigenvalue weighted by Crippen LogP contribution is -1.97. The van der Waals surface area contributed by atoms with Crippen LogP contribution in [-0.2, 0) is 0 Å². The van der Waals surface area contributed by atoms with Gasteiger partial charge in [-0.3, -0.25) is 4.40 Å². The van der Waals surface area contributed by atoms with Gasteiger partial charge in [-0.2, -0.15) is 0 Å². The average Bonchev–Trinajstić information content (AvgIpc) is 2.81. The maximum absolute atomic E-state index is 10.9. The molecule has 2 heterocycles. The quantitative estimate of drug-likeness (QED) is 0.736. The molecule has 0 fully saturated rings. The van der Waals surface area contributed by atoms with Gasteiger partial charge in [0.15, 0.2) is 0 Å². The molecule has 0 radical (unpaired) electrons. The number of imidazole rings is 1. The molecule has 0 bridgehead atoms. The van der Waals surface area contributed by atoms with Crippen LogP contribution in [0.15, 0.2) is 48.8 Å². The molecular weight excluding hydrogens is 244 g/mol. The molecule has 0 unspecified atom stereocenters. The van der Waals surface area contributed by atoms with Crippen molar-refractivity contribution < 1.29 is 15.0 Å². The first-order valence-electron chi connectivity index (χ1n) is 5.65. The average molecular weight is 254 g/mol. The largest absolute Gasteiger partial charge is 0.508 e. The molecule has 0 aliphatic rings. The highest BCUT2D eigenvalue weighted by molar-refractivity contribution is 5.89. The summed E-state index contributed by atoms with van der Waals surface area (Å²) in [6.07, 6.45) is 3.26. The lowest BCUT2D eigenvalue weighted by atomic mass is 10.2. The van der Waals surface area contributed by atoms with Crippen LogP contribution in [0.4, 0.5) is 0 Å². The molecule has 2 aromatic heterocycles. The van der Waals surface area contributed by atoms with E-state index in [1.165, 1.54) is 6.07 Å². The molecule has 0 amide bonds. The number of carboxylic acid groups (broad SMARTS) is 1. The maximum atomic E-state index is 10.9. The number of pyridine rings is 1. The predicted molar refractivity (Wildman–Crippen MR) is 69.3 cm³/mol. The fraction of sp³-hybridized carbons (Fsp3) is 0. The Morgan fingerprint density at radius 3 is 2.79 bits per heavy atom. The molecule has 0 atom stereocenters. The van der Waals surface area contributed by atoms with Crippen LogP contribution in [0.5, 0.6) is 5.75 Å². The van der Waals surface area contributed by atoms with Gasteiger partial charge < -0.3 is 10.2 Å². The second kappa shape index (κ2) is 4.13.